The van der Waals surface area contributed by atoms with Gasteiger partial charge in [0.2, 0.25) is 0 Å². The summed E-state index contributed by atoms with van der Waals surface area (Å²) in [6, 6.07) is 11.7. The van der Waals surface area contributed by atoms with Crippen LogP contribution in [0.25, 0.3) is 0 Å². The SMILES string of the molecule is NC(C(=O)O)c1ccc2c(c1)CC(=O)c1ccccc1S2. The van der Waals surface area contributed by atoms with Crippen LogP contribution in [0.15, 0.2) is 52.3 Å². The van der Waals surface area contributed by atoms with E-state index in [1.165, 1.54) is 11.8 Å². The number of rotatable bonds is 2. The van der Waals surface area contributed by atoms with Crippen LogP contribution in [-0.4, -0.2) is 16.9 Å². The average Bonchev–Trinajstić information content (AvgIpc) is 2.61. The number of benzene rings is 2. The lowest BCUT2D eigenvalue weighted by atomic mass is 9.99. The third kappa shape index (κ3) is 2.57. The average molecular weight is 299 g/mol. The molecule has 106 valence electrons. The molecule has 0 radical (unpaired) electrons. The van der Waals surface area contributed by atoms with Gasteiger partial charge in [-0.25, -0.2) is 0 Å². The lowest BCUT2D eigenvalue weighted by Crippen LogP contribution is -2.20. The van der Waals surface area contributed by atoms with Crippen molar-refractivity contribution in [1.29, 1.82) is 0 Å². The minimum absolute atomic E-state index is 0.0397. The van der Waals surface area contributed by atoms with Gasteiger partial charge in [-0.05, 0) is 23.3 Å². The predicted molar refractivity (Wildman–Crippen MR) is 79.6 cm³/mol. The Morgan fingerprint density at radius 2 is 1.95 bits per heavy atom. The van der Waals surface area contributed by atoms with Gasteiger partial charge in [0.1, 0.15) is 6.04 Å². The number of Topliss-reactive ketones (excluding diaryl/α,β-unsaturated/α-hetero) is 1. The molecule has 1 aliphatic heterocycles. The number of aliphatic carboxylic acids is 1. The van der Waals surface area contributed by atoms with Gasteiger partial charge in [-0.15, -0.1) is 0 Å². The monoisotopic (exact) mass is 299 g/mol. The highest BCUT2D eigenvalue weighted by molar-refractivity contribution is 7.99. The van der Waals surface area contributed by atoms with Crippen LogP contribution in [0.1, 0.15) is 27.5 Å². The Labute approximate surface area is 126 Å². The molecule has 3 rings (SSSR count). The molecule has 0 aromatic heterocycles. The van der Waals surface area contributed by atoms with Crippen LogP contribution >= 0.6 is 11.8 Å². The zero-order valence-corrected chi connectivity index (χ0v) is 11.9. The van der Waals surface area contributed by atoms with Gasteiger partial charge in [0, 0.05) is 21.8 Å². The van der Waals surface area contributed by atoms with Crippen molar-refractivity contribution in [3.8, 4) is 0 Å². The molecule has 1 unspecified atom stereocenters. The summed E-state index contributed by atoms with van der Waals surface area (Å²) in [6.07, 6.45) is 0.263. The molecule has 2 aromatic rings. The van der Waals surface area contributed by atoms with Crippen LogP contribution in [0.5, 0.6) is 0 Å². The molecule has 5 heteroatoms. The van der Waals surface area contributed by atoms with Crippen LogP contribution < -0.4 is 5.73 Å². The summed E-state index contributed by atoms with van der Waals surface area (Å²) in [5.74, 6) is -1.04. The molecule has 2 aromatic carbocycles. The number of hydrogen-bond donors (Lipinski definition) is 2. The maximum Gasteiger partial charge on any atom is 0.325 e. The lowest BCUT2D eigenvalue weighted by molar-refractivity contribution is -0.138. The van der Waals surface area contributed by atoms with E-state index in [2.05, 4.69) is 0 Å². The smallest absolute Gasteiger partial charge is 0.325 e. The largest absolute Gasteiger partial charge is 0.480 e. The molecule has 0 saturated carbocycles. The standard InChI is InChI=1S/C16H13NO3S/c17-15(16(19)20)9-5-6-13-10(7-9)8-12(18)11-3-1-2-4-14(11)21-13/h1-7,15H,8,17H2,(H,19,20). The van der Waals surface area contributed by atoms with E-state index in [-0.39, 0.29) is 12.2 Å². The Bertz CT molecular complexity index is 742. The number of nitrogens with two attached hydrogens (primary N) is 1. The van der Waals surface area contributed by atoms with Crippen LogP contribution in [0.4, 0.5) is 0 Å². The van der Waals surface area contributed by atoms with Crippen LogP contribution in [0.2, 0.25) is 0 Å². The quantitative estimate of drug-likeness (QED) is 0.891. The van der Waals surface area contributed by atoms with Gasteiger partial charge >= 0.3 is 5.97 Å². The number of carbonyl (C=O) groups excluding carboxylic acids is 1. The van der Waals surface area contributed by atoms with Gasteiger partial charge in [0.05, 0.1) is 0 Å². The van der Waals surface area contributed by atoms with Crippen molar-refractivity contribution in [3.05, 3.63) is 59.2 Å². The van der Waals surface area contributed by atoms with Crippen molar-refractivity contribution in [2.75, 3.05) is 0 Å². The van der Waals surface area contributed by atoms with Gasteiger partial charge < -0.3 is 10.8 Å². The van der Waals surface area contributed by atoms with E-state index < -0.39 is 12.0 Å². The lowest BCUT2D eigenvalue weighted by Gasteiger charge is -2.11. The topological polar surface area (TPSA) is 80.4 Å². The Kier molecular flexibility index (Phi) is 3.53. The molecule has 0 spiro atoms. The van der Waals surface area contributed by atoms with Crippen LogP contribution in [0.3, 0.4) is 0 Å². The van der Waals surface area contributed by atoms with Crippen LogP contribution in [0, 0.1) is 0 Å². The van der Waals surface area contributed by atoms with E-state index in [0.717, 1.165) is 15.4 Å². The maximum atomic E-state index is 12.3. The molecule has 0 aliphatic carbocycles. The second kappa shape index (κ2) is 5.35. The molecule has 0 amide bonds. The second-order valence-electron chi connectivity index (χ2n) is 4.88. The molecule has 4 nitrogen and oxygen atoms in total. The van der Waals surface area contributed by atoms with Crippen molar-refractivity contribution >= 4 is 23.5 Å². The van der Waals surface area contributed by atoms with Gasteiger partial charge in [0.25, 0.3) is 0 Å². The molecule has 0 fully saturated rings. The number of ketones is 1. The molecule has 0 bridgehead atoms. The van der Waals surface area contributed by atoms with Crippen molar-refractivity contribution in [2.45, 2.75) is 22.3 Å². The van der Waals surface area contributed by atoms with Gasteiger partial charge in [-0.3, -0.25) is 9.59 Å². The van der Waals surface area contributed by atoms with E-state index in [1.807, 2.05) is 30.3 Å². The minimum Gasteiger partial charge on any atom is -0.480 e. The summed E-state index contributed by atoms with van der Waals surface area (Å²) in [7, 11) is 0. The Morgan fingerprint density at radius 3 is 2.71 bits per heavy atom. The minimum atomic E-state index is -1.08. The summed E-state index contributed by atoms with van der Waals surface area (Å²) in [4.78, 5) is 25.2. The molecular weight excluding hydrogens is 286 g/mol. The normalized spacial score (nSPS) is 14.8. The number of hydrogen-bond acceptors (Lipinski definition) is 4. The number of carboxylic acids is 1. The van der Waals surface area contributed by atoms with E-state index in [1.54, 1.807) is 12.1 Å². The van der Waals surface area contributed by atoms with Gasteiger partial charge in [0.15, 0.2) is 5.78 Å². The van der Waals surface area contributed by atoms with E-state index in [9.17, 15) is 9.59 Å². The first-order chi connectivity index (χ1) is 10.1. The fraction of sp³-hybridized carbons (Fsp3) is 0.125. The number of fused-ring (bicyclic) bond motifs is 2. The van der Waals surface area contributed by atoms with Gasteiger partial charge in [-0.2, -0.15) is 0 Å². The van der Waals surface area contributed by atoms with Gasteiger partial charge in [-0.1, -0.05) is 42.1 Å². The highest BCUT2D eigenvalue weighted by Gasteiger charge is 2.22. The second-order valence-corrected chi connectivity index (χ2v) is 5.97. The molecule has 1 aliphatic rings. The van der Waals surface area contributed by atoms with E-state index >= 15 is 0 Å². The summed E-state index contributed by atoms with van der Waals surface area (Å²) >= 11 is 1.53. The maximum absolute atomic E-state index is 12.3. The van der Waals surface area contributed by atoms with Crippen molar-refractivity contribution in [3.63, 3.8) is 0 Å². The first-order valence-electron chi connectivity index (χ1n) is 6.47. The third-order valence-corrected chi connectivity index (χ3v) is 4.66. The van der Waals surface area contributed by atoms with Crippen molar-refractivity contribution < 1.29 is 14.7 Å². The predicted octanol–water partition coefficient (Wildman–Crippen LogP) is 2.66. The summed E-state index contributed by atoms with van der Waals surface area (Å²) in [5, 5.41) is 8.99. The molecule has 21 heavy (non-hydrogen) atoms. The summed E-state index contributed by atoms with van der Waals surface area (Å²) < 4.78 is 0. The summed E-state index contributed by atoms with van der Waals surface area (Å²) in [5.41, 5.74) is 7.69. The first-order valence-corrected chi connectivity index (χ1v) is 7.29. The Hall–Kier alpha value is -2.11. The van der Waals surface area contributed by atoms with Crippen molar-refractivity contribution in [2.24, 2.45) is 5.73 Å². The van der Waals surface area contributed by atoms with E-state index in [4.69, 9.17) is 10.8 Å². The zero-order valence-electron chi connectivity index (χ0n) is 11.1. The van der Waals surface area contributed by atoms with Crippen molar-refractivity contribution in [1.82, 2.24) is 0 Å². The molecule has 1 heterocycles. The number of carbonyl (C=O) groups is 2. The van der Waals surface area contributed by atoms with E-state index in [0.29, 0.717) is 11.1 Å². The molecule has 3 N–H and O–H groups in total. The summed E-state index contributed by atoms with van der Waals surface area (Å²) in [6.45, 7) is 0. The zero-order chi connectivity index (χ0) is 15.0. The Morgan fingerprint density at radius 1 is 1.19 bits per heavy atom. The first kappa shape index (κ1) is 13.9. The highest BCUT2D eigenvalue weighted by Crippen LogP contribution is 2.37. The molecule has 0 saturated heterocycles. The highest BCUT2D eigenvalue weighted by atomic mass is 32.2. The Balaban J connectivity index is 2.04. The fourth-order valence-electron chi connectivity index (χ4n) is 2.35. The van der Waals surface area contributed by atoms with Crippen LogP contribution in [-0.2, 0) is 11.2 Å². The third-order valence-electron chi connectivity index (χ3n) is 3.47. The molecule has 1 atom stereocenters. The number of carboxylic acid groups (broad SMARTS) is 1. The fourth-order valence-corrected chi connectivity index (χ4v) is 3.42. The molecular formula is C16H13NO3S.